The van der Waals surface area contributed by atoms with Crippen molar-refractivity contribution in [2.45, 2.75) is 32.2 Å². The van der Waals surface area contributed by atoms with Crippen LogP contribution in [0.4, 0.5) is 0 Å². The number of Topliss-reactive ketones (excluding diaryl/α,β-unsaturated/α-hetero) is 1. The van der Waals surface area contributed by atoms with Gasteiger partial charge in [0.05, 0.1) is 23.8 Å². The third kappa shape index (κ3) is 5.82. The van der Waals surface area contributed by atoms with Gasteiger partial charge in [0.2, 0.25) is 5.91 Å². The molecule has 0 saturated carbocycles. The summed E-state index contributed by atoms with van der Waals surface area (Å²) in [5.74, 6) is -1.17. The molecule has 6 nitrogen and oxygen atoms in total. The van der Waals surface area contributed by atoms with Crippen LogP contribution >= 0.6 is 0 Å². The van der Waals surface area contributed by atoms with Gasteiger partial charge in [-0.3, -0.25) is 19.5 Å². The number of hydrogen-bond acceptors (Lipinski definition) is 3. The van der Waals surface area contributed by atoms with Crippen LogP contribution in [0.2, 0.25) is 0 Å². The summed E-state index contributed by atoms with van der Waals surface area (Å²) in [7, 11) is 0. The quantitative estimate of drug-likeness (QED) is 0.205. The SMILES string of the molecule is CCC(C)N(CC(=O)c1c(-c2ccccc2)[nH]n(-c2ccccc2)c1=O)C(=O)C(c1ccccc1)c1ccccc1. The van der Waals surface area contributed by atoms with Gasteiger partial charge in [0, 0.05) is 11.6 Å². The van der Waals surface area contributed by atoms with E-state index in [-0.39, 0.29) is 24.1 Å². The van der Waals surface area contributed by atoms with Gasteiger partial charge in [0.25, 0.3) is 5.56 Å². The van der Waals surface area contributed by atoms with E-state index in [2.05, 4.69) is 5.10 Å². The van der Waals surface area contributed by atoms with Crippen molar-refractivity contribution >= 4 is 11.7 Å². The topological polar surface area (TPSA) is 75.2 Å². The third-order valence-corrected chi connectivity index (χ3v) is 7.48. The van der Waals surface area contributed by atoms with Crippen LogP contribution < -0.4 is 5.56 Å². The van der Waals surface area contributed by atoms with Gasteiger partial charge in [-0.2, -0.15) is 0 Å². The van der Waals surface area contributed by atoms with Gasteiger partial charge < -0.3 is 4.90 Å². The Bertz CT molecular complexity index is 1620. The van der Waals surface area contributed by atoms with Crippen molar-refractivity contribution in [3.05, 3.63) is 148 Å². The number of benzene rings is 4. The standard InChI is InChI=1S/C35H33N3O3/c1-3-25(2)37(34(40)31(26-16-8-4-9-17-26)27-18-10-5-11-19-27)24-30(39)32-33(28-20-12-6-13-21-28)36-38(35(32)41)29-22-14-7-15-23-29/h4-23,25,31,36H,3,24H2,1-2H3. The molecule has 0 fully saturated rings. The average molecular weight is 544 g/mol. The molecule has 5 rings (SSSR count). The molecule has 1 N–H and O–H groups in total. The molecule has 41 heavy (non-hydrogen) atoms. The number of rotatable bonds is 10. The van der Waals surface area contributed by atoms with E-state index in [1.54, 1.807) is 17.0 Å². The molecule has 1 amide bonds. The lowest BCUT2D eigenvalue weighted by molar-refractivity contribution is -0.133. The van der Waals surface area contributed by atoms with E-state index >= 15 is 0 Å². The number of H-pyrrole nitrogens is 1. The number of aromatic amines is 1. The van der Waals surface area contributed by atoms with Crippen LogP contribution in [0.5, 0.6) is 0 Å². The Balaban J connectivity index is 1.57. The molecule has 4 aromatic carbocycles. The zero-order valence-electron chi connectivity index (χ0n) is 23.2. The molecular weight excluding hydrogens is 510 g/mol. The number of hydrogen-bond donors (Lipinski definition) is 1. The van der Waals surface area contributed by atoms with Crippen molar-refractivity contribution in [1.82, 2.24) is 14.7 Å². The summed E-state index contributed by atoms with van der Waals surface area (Å²) in [6, 6.07) is 37.5. The molecule has 0 aliphatic carbocycles. The number of aromatic nitrogens is 2. The first-order valence-electron chi connectivity index (χ1n) is 13.9. The Labute approximate surface area is 239 Å². The first-order valence-corrected chi connectivity index (χ1v) is 13.9. The van der Waals surface area contributed by atoms with Crippen LogP contribution in [-0.2, 0) is 4.79 Å². The second-order valence-electron chi connectivity index (χ2n) is 10.1. The van der Waals surface area contributed by atoms with E-state index in [1.807, 2.05) is 123 Å². The van der Waals surface area contributed by atoms with Crippen LogP contribution in [-0.4, -0.2) is 39.0 Å². The minimum absolute atomic E-state index is 0.0390. The van der Waals surface area contributed by atoms with Crippen LogP contribution in [0.1, 0.15) is 47.7 Å². The number of para-hydroxylation sites is 1. The molecule has 0 bridgehead atoms. The largest absolute Gasteiger partial charge is 0.331 e. The predicted molar refractivity (Wildman–Crippen MR) is 162 cm³/mol. The number of carbonyl (C=O) groups excluding carboxylic acids is 2. The number of ketones is 1. The summed E-state index contributed by atoms with van der Waals surface area (Å²) in [6.45, 7) is 3.71. The molecule has 1 aromatic heterocycles. The van der Waals surface area contributed by atoms with Gasteiger partial charge in [-0.15, -0.1) is 0 Å². The molecule has 0 radical (unpaired) electrons. The number of nitrogens with one attached hydrogen (secondary N) is 1. The Hall–Kier alpha value is -4.97. The smallest absolute Gasteiger partial charge is 0.282 e. The average Bonchev–Trinajstić information content (AvgIpc) is 3.38. The predicted octanol–water partition coefficient (Wildman–Crippen LogP) is 6.47. The van der Waals surface area contributed by atoms with E-state index in [0.29, 0.717) is 17.8 Å². The van der Waals surface area contributed by atoms with E-state index in [1.165, 1.54) is 4.68 Å². The van der Waals surface area contributed by atoms with Gasteiger partial charge in [0.1, 0.15) is 5.56 Å². The third-order valence-electron chi connectivity index (χ3n) is 7.48. The molecule has 1 heterocycles. The van der Waals surface area contributed by atoms with Crippen LogP contribution in [0.15, 0.2) is 126 Å². The normalized spacial score (nSPS) is 11.8. The molecule has 0 aliphatic heterocycles. The van der Waals surface area contributed by atoms with Gasteiger partial charge in [-0.05, 0) is 36.6 Å². The maximum atomic E-state index is 14.4. The summed E-state index contributed by atoms with van der Waals surface area (Å²) >= 11 is 0. The second kappa shape index (κ2) is 12.5. The fourth-order valence-corrected chi connectivity index (χ4v) is 5.11. The molecule has 0 aliphatic rings. The lowest BCUT2D eigenvalue weighted by Crippen LogP contribution is -2.45. The fourth-order valence-electron chi connectivity index (χ4n) is 5.11. The Kier molecular flexibility index (Phi) is 8.39. The highest BCUT2D eigenvalue weighted by atomic mass is 16.2. The van der Waals surface area contributed by atoms with Crippen molar-refractivity contribution in [1.29, 1.82) is 0 Å². The fraction of sp³-hybridized carbons (Fsp3) is 0.171. The van der Waals surface area contributed by atoms with Crippen molar-refractivity contribution in [2.24, 2.45) is 0 Å². The lowest BCUT2D eigenvalue weighted by atomic mass is 9.89. The molecule has 5 aromatic rings. The van der Waals surface area contributed by atoms with E-state index in [4.69, 9.17) is 0 Å². The van der Waals surface area contributed by atoms with Crippen LogP contribution in [0.25, 0.3) is 16.9 Å². The lowest BCUT2D eigenvalue weighted by Gasteiger charge is -2.32. The zero-order chi connectivity index (χ0) is 28.8. The summed E-state index contributed by atoms with van der Waals surface area (Å²) < 4.78 is 1.39. The summed E-state index contributed by atoms with van der Waals surface area (Å²) in [4.78, 5) is 43.9. The van der Waals surface area contributed by atoms with Crippen LogP contribution in [0.3, 0.4) is 0 Å². The molecule has 1 atom stereocenters. The highest BCUT2D eigenvalue weighted by Gasteiger charge is 2.33. The molecule has 206 valence electrons. The van der Waals surface area contributed by atoms with Gasteiger partial charge in [-0.25, -0.2) is 4.68 Å². The minimum Gasteiger partial charge on any atom is -0.331 e. The van der Waals surface area contributed by atoms with Crippen molar-refractivity contribution < 1.29 is 9.59 Å². The minimum atomic E-state index is -0.583. The van der Waals surface area contributed by atoms with Crippen molar-refractivity contribution in [2.75, 3.05) is 6.54 Å². The monoisotopic (exact) mass is 543 g/mol. The summed E-state index contributed by atoms with van der Waals surface area (Å²) in [5.41, 5.74) is 3.07. The number of carbonyl (C=O) groups is 2. The first kappa shape index (κ1) is 27.6. The maximum Gasteiger partial charge on any atom is 0.282 e. The van der Waals surface area contributed by atoms with Gasteiger partial charge >= 0.3 is 0 Å². The van der Waals surface area contributed by atoms with Crippen LogP contribution in [0, 0.1) is 0 Å². The molecule has 0 saturated heterocycles. The Morgan fingerprint density at radius 1 is 0.756 bits per heavy atom. The molecular formula is C35H33N3O3. The van der Waals surface area contributed by atoms with Gasteiger partial charge in [0.15, 0.2) is 5.78 Å². The highest BCUT2D eigenvalue weighted by molar-refractivity contribution is 6.04. The molecule has 6 heteroatoms. The summed E-state index contributed by atoms with van der Waals surface area (Å²) in [5, 5.41) is 3.16. The van der Waals surface area contributed by atoms with Gasteiger partial charge in [-0.1, -0.05) is 116 Å². The van der Waals surface area contributed by atoms with E-state index in [9.17, 15) is 14.4 Å². The second-order valence-corrected chi connectivity index (χ2v) is 10.1. The Morgan fingerprint density at radius 2 is 1.24 bits per heavy atom. The highest BCUT2D eigenvalue weighted by Crippen LogP contribution is 2.29. The van der Waals surface area contributed by atoms with Crippen molar-refractivity contribution in [3.63, 3.8) is 0 Å². The van der Waals surface area contributed by atoms with Crippen molar-refractivity contribution in [3.8, 4) is 16.9 Å². The maximum absolute atomic E-state index is 14.4. The molecule has 1 unspecified atom stereocenters. The van der Waals surface area contributed by atoms with E-state index in [0.717, 1.165) is 16.7 Å². The number of nitrogens with zero attached hydrogens (tertiary/aromatic N) is 2. The Morgan fingerprint density at radius 3 is 1.76 bits per heavy atom. The number of amides is 1. The summed E-state index contributed by atoms with van der Waals surface area (Å²) in [6.07, 6.45) is 0.655. The first-order chi connectivity index (χ1) is 20.0. The molecule has 0 spiro atoms. The van der Waals surface area contributed by atoms with E-state index < -0.39 is 17.3 Å². The zero-order valence-corrected chi connectivity index (χ0v) is 23.2.